The van der Waals surface area contributed by atoms with Crippen LogP contribution in [0.15, 0.2) is 46.8 Å². The number of ether oxygens (including phenoxy) is 3. The lowest BCUT2D eigenvalue weighted by molar-refractivity contribution is -0.155. The normalized spacial score (nSPS) is 22.4. The van der Waals surface area contributed by atoms with Gasteiger partial charge in [-0.3, -0.25) is 4.79 Å². The molecule has 1 aromatic carbocycles. The molecule has 4 rings (SSSR count). The van der Waals surface area contributed by atoms with Gasteiger partial charge in [0.2, 0.25) is 6.29 Å². The molecule has 7 heteroatoms. The molecule has 1 N–H and O–H groups in total. The second-order valence-electron chi connectivity index (χ2n) is 7.31. The maximum Gasteiger partial charge on any atom is 0.288 e. The predicted octanol–water partition coefficient (Wildman–Crippen LogP) is 2.79. The molecule has 0 spiro atoms. The molecular weight excluding hydrogens is 374 g/mol. The number of carbonyl (C=O) groups is 1. The summed E-state index contributed by atoms with van der Waals surface area (Å²) in [6.07, 6.45) is 5.16. The van der Waals surface area contributed by atoms with Crippen molar-refractivity contribution >= 4 is 16.9 Å². The monoisotopic (exact) mass is 401 g/mol. The summed E-state index contributed by atoms with van der Waals surface area (Å²) < 4.78 is 22.9. The molecule has 7 nitrogen and oxygen atoms in total. The first-order valence-electron chi connectivity index (χ1n) is 10.2. The number of allylic oxidation sites excluding steroid dienone is 1. The molecule has 3 heterocycles. The van der Waals surface area contributed by atoms with Gasteiger partial charge in [-0.1, -0.05) is 18.2 Å². The average Bonchev–Trinajstić information content (AvgIpc) is 3.21. The molecule has 2 aliphatic rings. The van der Waals surface area contributed by atoms with Crippen LogP contribution >= 0.6 is 0 Å². The Labute approximate surface area is 169 Å². The van der Waals surface area contributed by atoms with Crippen LogP contribution in [0.2, 0.25) is 0 Å². The van der Waals surface area contributed by atoms with Crippen molar-refractivity contribution in [2.75, 3.05) is 39.5 Å². The smallest absolute Gasteiger partial charge is 0.288 e. The van der Waals surface area contributed by atoms with Crippen molar-refractivity contribution in [2.45, 2.75) is 31.5 Å². The van der Waals surface area contributed by atoms with Gasteiger partial charge in [0.15, 0.2) is 5.76 Å². The fourth-order valence-corrected chi connectivity index (χ4v) is 3.76. The zero-order valence-electron chi connectivity index (χ0n) is 16.4. The minimum absolute atomic E-state index is 0.0461. The van der Waals surface area contributed by atoms with Crippen molar-refractivity contribution in [1.29, 1.82) is 0 Å². The Morgan fingerprint density at radius 3 is 2.86 bits per heavy atom. The van der Waals surface area contributed by atoms with E-state index in [9.17, 15) is 4.79 Å². The number of unbranched alkanes of at least 4 members (excludes halogenated alkanes) is 1. The molecule has 2 aliphatic heterocycles. The first-order valence-corrected chi connectivity index (χ1v) is 10.2. The number of hydrogen-bond donors (Lipinski definition) is 1. The molecule has 0 unspecified atom stereocenters. The van der Waals surface area contributed by atoms with Crippen LogP contribution in [0.1, 0.15) is 30.7 Å². The quantitative estimate of drug-likeness (QED) is 0.719. The third-order valence-corrected chi connectivity index (χ3v) is 5.33. The number of furan rings is 1. The molecule has 0 bridgehead atoms. The molecule has 156 valence electrons. The molecule has 1 aromatic heterocycles. The lowest BCUT2D eigenvalue weighted by Gasteiger charge is -2.32. The molecule has 0 aliphatic carbocycles. The van der Waals surface area contributed by atoms with Crippen LogP contribution in [-0.4, -0.2) is 61.7 Å². The summed E-state index contributed by atoms with van der Waals surface area (Å²) in [6.45, 7) is 2.80. The lowest BCUT2D eigenvalue weighted by Crippen LogP contribution is -2.43. The van der Waals surface area contributed by atoms with Crippen LogP contribution in [0.4, 0.5) is 0 Å². The van der Waals surface area contributed by atoms with Gasteiger partial charge in [-0.15, -0.1) is 0 Å². The number of aliphatic hydroxyl groups is 1. The predicted molar refractivity (Wildman–Crippen MR) is 106 cm³/mol. The maximum atomic E-state index is 13.0. The molecule has 2 atom stereocenters. The standard InChI is InChI=1S/C22H27NO6/c24-9-3-4-10-27-21-14-16(18-15-28-19-6-2-1-5-17(18)19)13-20(29-21)22(25)23-7-11-26-12-8-23/h1-2,5-6,13,15-16,21,24H,3-4,7-12,14H2/t16-,21+/m0/s1. The molecule has 0 saturated carbocycles. The van der Waals surface area contributed by atoms with Crippen LogP contribution in [-0.2, 0) is 19.0 Å². The summed E-state index contributed by atoms with van der Waals surface area (Å²) in [5.74, 6) is 0.144. The van der Waals surface area contributed by atoms with Crippen LogP contribution in [0.5, 0.6) is 0 Å². The van der Waals surface area contributed by atoms with E-state index in [0.717, 1.165) is 23.0 Å². The van der Waals surface area contributed by atoms with Crippen molar-refractivity contribution in [1.82, 2.24) is 4.90 Å². The third kappa shape index (κ3) is 4.63. The van der Waals surface area contributed by atoms with Crippen LogP contribution in [0, 0.1) is 0 Å². The number of fused-ring (bicyclic) bond motifs is 1. The van der Waals surface area contributed by atoms with Crippen molar-refractivity contribution < 1.29 is 28.5 Å². The summed E-state index contributed by atoms with van der Waals surface area (Å²) in [5, 5.41) is 10.00. The highest BCUT2D eigenvalue weighted by Gasteiger charge is 2.32. The van der Waals surface area contributed by atoms with E-state index < -0.39 is 6.29 Å². The number of carbonyl (C=O) groups excluding carboxylic acids is 1. The first-order chi connectivity index (χ1) is 14.3. The highest BCUT2D eigenvalue weighted by atomic mass is 16.7. The van der Waals surface area contributed by atoms with E-state index in [0.29, 0.717) is 51.5 Å². The van der Waals surface area contributed by atoms with E-state index in [1.807, 2.05) is 30.3 Å². The second kappa shape index (κ2) is 9.43. The van der Waals surface area contributed by atoms with Gasteiger partial charge in [-0.2, -0.15) is 0 Å². The van der Waals surface area contributed by atoms with Crippen molar-refractivity contribution in [2.24, 2.45) is 0 Å². The zero-order valence-corrected chi connectivity index (χ0v) is 16.4. The van der Waals surface area contributed by atoms with Crippen molar-refractivity contribution in [3.05, 3.63) is 47.9 Å². The number of morpholine rings is 1. The number of aliphatic hydroxyl groups excluding tert-OH is 1. The van der Waals surface area contributed by atoms with Gasteiger partial charge >= 0.3 is 0 Å². The number of hydrogen-bond acceptors (Lipinski definition) is 6. The Balaban J connectivity index is 1.56. The summed E-state index contributed by atoms with van der Waals surface area (Å²) in [5.41, 5.74) is 1.85. The van der Waals surface area contributed by atoms with E-state index in [2.05, 4.69) is 0 Å². The van der Waals surface area contributed by atoms with E-state index in [1.54, 1.807) is 11.2 Å². The van der Waals surface area contributed by atoms with Crippen LogP contribution in [0.25, 0.3) is 11.0 Å². The molecule has 1 saturated heterocycles. The highest BCUT2D eigenvalue weighted by molar-refractivity contribution is 5.92. The number of rotatable bonds is 7. The van der Waals surface area contributed by atoms with Crippen LogP contribution in [0.3, 0.4) is 0 Å². The summed E-state index contributed by atoms with van der Waals surface area (Å²) in [7, 11) is 0. The molecule has 1 fully saturated rings. The van der Waals surface area contributed by atoms with Gasteiger partial charge < -0.3 is 28.6 Å². The van der Waals surface area contributed by atoms with Gasteiger partial charge in [-0.25, -0.2) is 0 Å². The number of nitrogens with zero attached hydrogens (tertiary/aromatic N) is 1. The molecule has 2 aromatic rings. The van der Waals surface area contributed by atoms with Gasteiger partial charge in [0.05, 0.1) is 26.1 Å². The number of para-hydroxylation sites is 1. The molecule has 0 radical (unpaired) electrons. The van der Waals surface area contributed by atoms with Gasteiger partial charge in [0.25, 0.3) is 5.91 Å². The minimum atomic E-state index is -0.516. The molecule has 1 amide bonds. The summed E-state index contributed by atoms with van der Waals surface area (Å²) >= 11 is 0. The van der Waals surface area contributed by atoms with E-state index >= 15 is 0 Å². The Morgan fingerprint density at radius 2 is 2.03 bits per heavy atom. The second-order valence-corrected chi connectivity index (χ2v) is 7.31. The van der Waals surface area contributed by atoms with Crippen molar-refractivity contribution in [3.63, 3.8) is 0 Å². The van der Waals surface area contributed by atoms with E-state index in [4.69, 9.17) is 23.7 Å². The Kier molecular flexibility index (Phi) is 6.49. The molecule has 29 heavy (non-hydrogen) atoms. The average molecular weight is 401 g/mol. The summed E-state index contributed by atoms with van der Waals surface area (Å²) in [6, 6.07) is 7.88. The zero-order chi connectivity index (χ0) is 20.1. The summed E-state index contributed by atoms with van der Waals surface area (Å²) in [4.78, 5) is 14.8. The van der Waals surface area contributed by atoms with Crippen LogP contribution < -0.4 is 0 Å². The topological polar surface area (TPSA) is 81.4 Å². The van der Waals surface area contributed by atoms with Crippen molar-refractivity contribution in [3.8, 4) is 0 Å². The van der Waals surface area contributed by atoms with Gasteiger partial charge in [0, 0.05) is 43.0 Å². The Hall–Kier alpha value is -2.35. The molecular formula is C22H27NO6. The number of amides is 1. The lowest BCUT2D eigenvalue weighted by atomic mass is 9.92. The highest BCUT2D eigenvalue weighted by Crippen LogP contribution is 2.36. The van der Waals surface area contributed by atoms with E-state index in [1.165, 1.54) is 0 Å². The fraction of sp³-hybridized carbons (Fsp3) is 0.500. The van der Waals surface area contributed by atoms with Gasteiger partial charge in [-0.05, 0) is 25.0 Å². The Morgan fingerprint density at radius 1 is 1.21 bits per heavy atom. The number of benzene rings is 1. The van der Waals surface area contributed by atoms with Gasteiger partial charge in [0.1, 0.15) is 5.58 Å². The maximum absolute atomic E-state index is 13.0. The minimum Gasteiger partial charge on any atom is -0.464 e. The third-order valence-electron chi connectivity index (χ3n) is 5.33. The Bertz CT molecular complexity index is 854. The fourth-order valence-electron chi connectivity index (χ4n) is 3.76. The SMILES string of the molecule is O=C(C1=C[C@H](c2coc3ccccc23)C[C@H](OCCCCO)O1)N1CCOCC1. The van der Waals surface area contributed by atoms with E-state index in [-0.39, 0.29) is 18.4 Å². The largest absolute Gasteiger partial charge is 0.464 e. The first kappa shape index (κ1) is 19.9.